The van der Waals surface area contributed by atoms with Gasteiger partial charge < -0.3 is 15.0 Å². The van der Waals surface area contributed by atoms with E-state index in [1.807, 2.05) is 19.1 Å². The number of fused-ring (bicyclic) bond motifs is 1. The van der Waals surface area contributed by atoms with Gasteiger partial charge in [-0.05, 0) is 32.0 Å². The molecule has 2 heterocycles. The van der Waals surface area contributed by atoms with Crippen molar-refractivity contribution in [3.05, 3.63) is 36.4 Å². The molecule has 150 valence electrons. The van der Waals surface area contributed by atoms with Crippen LogP contribution in [0.5, 0.6) is 5.75 Å². The van der Waals surface area contributed by atoms with E-state index in [0.29, 0.717) is 36.4 Å². The van der Waals surface area contributed by atoms with E-state index in [1.54, 1.807) is 6.33 Å². The van der Waals surface area contributed by atoms with E-state index in [4.69, 9.17) is 27.9 Å². The maximum atomic E-state index is 6.08. The van der Waals surface area contributed by atoms with Crippen LogP contribution in [-0.2, 0) is 6.54 Å². The lowest BCUT2D eigenvalue weighted by atomic mass is 10.1. The SMILES string of the molecule is CCOc1ccc(Nc2ncnc3nc[nH]c23)cc1CN(CCCl)C(C)CCl. The van der Waals surface area contributed by atoms with Gasteiger partial charge >= 0.3 is 0 Å². The number of hydrogen-bond acceptors (Lipinski definition) is 6. The Morgan fingerprint density at radius 2 is 2.11 bits per heavy atom. The third kappa shape index (κ3) is 4.84. The van der Waals surface area contributed by atoms with Gasteiger partial charge in [0.15, 0.2) is 11.5 Å². The van der Waals surface area contributed by atoms with E-state index in [-0.39, 0.29) is 6.04 Å². The number of aromatic nitrogens is 4. The molecule has 9 heteroatoms. The zero-order valence-corrected chi connectivity index (χ0v) is 17.5. The molecule has 0 saturated carbocycles. The molecular weight excluding hydrogens is 399 g/mol. The molecule has 2 aromatic heterocycles. The highest BCUT2D eigenvalue weighted by Crippen LogP contribution is 2.28. The van der Waals surface area contributed by atoms with E-state index >= 15 is 0 Å². The van der Waals surface area contributed by atoms with Crippen LogP contribution in [0.1, 0.15) is 19.4 Å². The van der Waals surface area contributed by atoms with E-state index in [1.165, 1.54) is 6.33 Å². The molecule has 1 aromatic carbocycles. The van der Waals surface area contributed by atoms with E-state index in [2.05, 4.69) is 43.1 Å². The number of hydrogen-bond donors (Lipinski definition) is 2. The van der Waals surface area contributed by atoms with Crippen molar-refractivity contribution in [2.45, 2.75) is 26.4 Å². The molecule has 3 aromatic rings. The number of nitrogens with one attached hydrogen (secondary N) is 2. The molecule has 7 nitrogen and oxygen atoms in total. The number of aromatic amines is 1. The zero-order valence-electron chi connectivity index (χ0n) is 16.0. The first-order chi connectivity index (χ1) is 13.7. The molecule has 0 saturated heterocycles. The van der Waals surface area contributed by atoms with Crippen molar-refractivity contribution in [3.8, 4) is 5.75 Å². The third-order valence-corrected chi connectivity index (χ3v) is 5.05. The van der Waals surface area contributed by atoms with Crippen LogP contribution in [0.4, 0.5) is 11.5 Å². The molecule has 0 spiro atoms. The Labute approximate surface area is 174 Å². The number of alkyl halides is 2. The second-order valence-corrected chi connectivity index (χ2v) is 7.05. The molecule has 3 rings (SSSR count). The first-order valence-electron chi connectivity index (χ1n) is 9.19. The highest BCUT2D eigenvalue weighted by Gasteiger charge is 2.16. The Morgan fingerprint density at radius 1 is 1.25 bits per heavy atom. The van der Waals surface area contributed by atoms with Crippen molar-refractivity contribution in [2.24, 2.45) is 0 Å². The molecule has 28 heavy (non-hydrogen) atoms. The van der Waals surface area contributed by atoms with Gasteiger partial charge in [-0.25, -0.2) is 15.0 Å². The second kappa shape index (κ2) is 9.91. The van der Waals surface area contributed by atoms with Gasteiger partial charge in [0.2, 0.25) is 0 Å². The van der Waals surface area contributed by atoms with Gasteiger partial charge in [0.25, 0.3) is 0 Å². The number of rotatable bonds is 10. The predicted molar refractivity (Wildman–Crippen MR) is 114 cm³/mol. The van der Waals surface area contributed by atoms with E-state index in [9.17, 15) is 0 Å². The minimum absolute atomic E-state index is 0.206. The zero-order chi connectivity index (χ0) is 19.9. The molecule has 1 atom stereocenters. The Balaban J connectivity index is 1.89. The molecule has 0 bridgehead atoms. The summed E-state index contributed by atoms with van der Waals surface area (Å²) in [7, 11) is 0. The molecule has 1 unspecified atom stereocenters. The largest absolute Gasteiger partial charge is 0.494 e. The number of anilines is 2. The Morgan fingerprint density at radius 3 is 2.86 bits per heavy atom. The standard InChI is InChI=1S/C19H24Cl2N6O/c1-3-28-16-5-4-15(8-14(16)10-27(7-6-20)13(2)9-21)26-19-17-18(23-11-22-17)24-12-25-19/h4-5,8,11-13H,3,6-7,9-10H2,1-2H3,(H2,22,23,24,25,26). The highest BCUT2D eigenvalue weighted by atomic mass is 35.5. The normalized spacial score (nSPS) is 12.5. The number of benzene rings is 1. The monoisotopic (exact) mass is 422 g/mol. The van der Waals surface area contributed by atoms with Gasteiger partial charge in [0.05, 0.1) is 12.9 Å². The van der Waals surface area contributed by atoms with Crippen molar-refractivity contribution < 1.29 is 4.74 Å². The summed E-state index contributed by atoms with van der Waals surface area (Å²) in [5.41, 5.74) is 3.34. The number of imidazole rings is 1. The van der Waals surface area contributed by atoms with Crippen LogP contribution in [0, 0.1) is 0 Å². The average Bonchev–Trinajstić information content (AvgIpc) is 3.19. The summed E-state index contributed by atoms with van der Waals surface area (Å²) >= 11 is 12.1. The van der Waals surface area contributed by atoms with Gasteiger partial charge in [0.1, 0.15) is 17.6 Å². The Bertz CT molecular complexity index is 903. The van der Waals surface area contributed by atoms with E-state index < -0.39 is 0 Å². The Kier molecular flexibility index (Phi) is 7.30. The lowest BCUT2D eigenvalue weighted by Crippen LogP contribution is -2.35. The molecule has 0 radical (unpaired) electrons. The first-order valence-corrected chi connectivity index (χ1v) is 10.3. The summed E-state index contributed by atoms with van der Waals surface area (Å²) in [6.45, 7) is 6.11. The summed E-state index contributed by atoms with van der Waals surface area (Å²) in [6.07, 6.45) is 3.09. The fourth-order valence-corrected chi connectivity index (χ4v) is 3.37. The van der Waals surface area contributed by atoms with Crippen LogP contribution >= 0.6 is 23.2 Å². The molecule has 0 amide bonds. The quantitative estimate of drug-likeness (QED) is 0.477. The van der Waals surface area contributed by atoms with Crippen LogP contribution in [0.2, 0.25) is 0 Å². The molecule has 0 aliphatic carbocycles. The van der Waals surface area contributed by atoms with E-state index in [0.717, 1.165) is 29.1 Å². The van der Waals surface area contributed by atoms with Gasteiger partial charge in [-0.15, -0.1) is 23.2 Å². The number of ether oxygens (including phenoxy) is 1. The van der Waals surface area contributed by atoms with Crippen LogP contribution < -0.4 is 10.1 Å². The molecule has 0 aliphatic heterocycles. The predicted octanol–water partition coefficient (Wildman–Crippen LogP) is 4.16. The second-order valence-electron chi connectivity index (χ2n) is 6.37. The fraction of sp³-hybridized carbons (Fsp3) is 0.421. The minimum atomic E-state index is 0.206. The van der Waals surface area contributed by atoms with Crippen molar-refractivity contribution in [3.63, 3.8) is 0 Å². The summed E-state index contributed by atoms with van der Waals surface area (Å²) in [6, 6.07) is 6.21. The summed E-state index contributed by atoms with van der Waals surface area (Å²) in [5, 5.41) is 3.34. The van der Waals surface area contributed by atoms with Crippen LogP contribution in [0.25, 0.3) is 11.2 Å². The van der Waals surface area contributed by atoms with Crippen molar-refractivity contribution in [2.75, 3.05) is 30.2 Å². The molecule has 0 aliphatic rings. The topological polar surface area (TPSA) is 79.0 Å². The van der Waals surface area contributed by atoms with Crippen molar-refractivity contribution in [1.82, 2.24) is 24.8 Å². The van der Waals surface area contributed by atoms with Crippen LogP contribution in [0.3, 0.4) is 0 Å². The van der Waals surface area contributed by atoms with Gasteiger partial charge in [-0.3, -0.25) is 4.90 Å². The molecular formula is C19H24Cl2N6O. The summed E-state index contributed by atoms with van der Waals surface area (Å²) < 4.78 is 5.83. The van der Waals surface area contributed by atoms with Crippen molar-refractivity contribution >= 4 is 45.9 Å². The minimum Gasteiger partial charge on any atom is -0.494 e. The fourth-order valence-electron chi connectivity index (χ4n) is 2.95. The first kappa shape index (κ1) is 20.6. The lowest BCUT2D eigenvalue weighted by molar-refractivity contribution is 0.224. The lowest BCUT2D eigenvalue weighted by Gasteiger charge is -2.28. The smallest absolute Gasteiger partial charge is 0.182 e. The summed E-state index contributed by atoms with van der Waals surface area (Å²) in [5.74, 6) is 2.60. The van der Waals surface area contributed by atoms with Gasteiger partial charge in [0, 0.05) is 42.1 Å². The van der Waals surface area contributed by atoms with Gasteiger partial charge in [-0.1, -0.05) is 0 Å². The maximum absolute atomic E-state index is 6.08. The highest BCUT2D eigenvalue weighted by molar-refractivity contribution is 6.18. The molecule has 0 fully saturated rings. The van der Waals surface area contributed by atoms with Gasteiger partial charge in [-0.2, -0.15) is 0 Å². The number of halogens is 2. The number of H-pyrrole nitrogens is 1. The van der Waals surface area contributed by atoms with Crippen LogP contribution in [0.15, 0.2) is 30.9 Å². The average molecular weight is 423 g/mol. The molecule has 2 N–H and O–H groups in total. The van der Waals surface area contributed by atoms with Crippen LogP contribution in [-0.4, -0.2) is 55.8 Å². The Hall–Kier alpha value is -2.09. The van der Waals surface area contributed by atoms with Crippen molar-refractivity contribution in [1.29, 1.82) is 0 Å². The maximum Gasteiger partial charge on any atom is 0.182 e. The number of nitrogens with zero attached hydrogens (tertiary/aromatic N) is 4. The summed E-state index contributed by atoms with van der Waals surface area (Å²) in [4.78, 5) is 17.9. The third-order valence-electron chi connectivity index (χ3n) is 4.44.